The Morgan fingerprint density at radius 1 is 0.619 bits per heavy atom. The van der Waals surface area contributed by atoms with E-state index in [1.165, 1.54) is 31.3 Å². The molecular formula is C19H16S2. The maximum Gasteiger partial charge on any atom is 0.0355 e. The average molecular weight is 308 g/mol. The Kier molecular flexibility index (Phi) is 4.28. The van der Waals surface area contributed by atoms with Crippen molar-refractivity contribution in [1.29, 1.82) is 0 Å². The SMILES string of the molecule is CS.c1ccc(-c2ccc3sc4ccccc4c3c2)cc1. The van der Waals surface area contributed by atoms with E-state index in [1.54, 1.807) is 6.26 Å². The molecule has 0 spiro atoms. The van der Waals surface area contributed by atoms with Crippen LogP contribution in [0.15, 0.2) is 72.8 Å². The molecule has 0 atom stereocenters. The molecule has 0 fully saturated rings. The smallest absolute Gasteiger partial charge is 0.0355 e. The van der Waals surface area contributed by atoms with Crippen molar-refractivity contribution in [3.05, 3.63) is 72.8 Å². The summed E-state index contributed by atoms with van der Waals surface area (Å²) < 4.78 is 2.73. The van der Waals surface area contributed by atoms with Gasteiger partial charge in [-0.3, -0.25) is 0 Å². The first-order valence-corrected chi connectivity index (χ1v) is 8.54. The van der Waals surface area contributed by atoms with Crippen LogP contribution in [-0.2, 0) is 0 Å². The van der Waals surface area contributed by atoms with Crippen molar-refractivity contribution in [1.82, 2.24) is 0 Å². The molecule has 4 aromatic rings. The number of benzene rings is 3. The average Bonchev–Trinajstić information content (AvgIpc) is 2.95. The Hall–Kier alpha value is -1.77. The van der Waals surface area contributed by atoms with Crippen LogP contribution < -0.4 is 0 Å². The van der Waals surface area contributed by atoms with E-state index in [-0.39, 0.29) is 0 Å². The van der Waals surface area contributed by atoms with Gasteiger partial charge in [0.15, 0.2) is 0 Å². The van der Waals surface area contributed by atoms with Gasteiger partial charge in [-0.1, -0.05) is 54.6 Å². The molecule has 0 aliphatic rings. The summed E-state index contributed by atoms with van der Waals surface area (Å²) in [5.41, 5.74) is 2.57. The van der Waals surface area contributed by atoms with Gasteiger partial charge in [0.2, 0.25) is 0 Å². The lowest BCUT2D eigenvalue weighted by atomic mass is 10.0. The summed E-state index contributed by atoms with van der Waals surface area (Å²) in [6.07, 6.45) is 1.69. The summed E-state index contributed by atoms with van der Waals surface area (Å²) in [4.78, 5) is 0. The molecule has 0 amide bonds. The summed E-state index contributed by atoms with van der Waals surface area (Å²) in [6.45, 7) is 0. The Bertz CT molecular complexity index is 860. The van der Waals surface area contributed by atoms with Crippen LogP contribution in [-0.4, -0.2) is 6.26 Å². The zero-order chi connectivity index (χ0) is 14.7. The number of hydrogen-bond donors (Lipinski definition) is 1. The zero-order valence-corrected chi connectivity index (χ0v) is 13.5. The molecule has 0 radical (unpaired) electrons. The van der Waals surface area contributed by atoms with E-state index in [0.717, 1.165) is 0 Å². The Labute approximate surface area is 134 Å². The molecule has 0 saturated heterocycles. The Morgan fingerprint density at radius 3 is 2.10 bits per heavy atom. The molecular weight excluding hydrogens is 292 g/mol. The Morgan fingerprint density at radius 2 is 1.29 bits per heavy atom. The second-order valence-electron chi connectivity index (χ2n) is 4.68. The standard InChI is InChI=1S/C18H12S.CH4S/c1-2-6-13(7-3-1)14-10-11-18-16(12-14)15-8-4-5-9-17(15)19-18;1-2/h1-12H;2H,1H3. The summed E-state index contributed by atoms with van der Waals surface area (Å²) in [5, 5.41) is 2.72. The minimum absolute atomic E-state index is 1.28. The van der Waals surface area contributed by atoms with Crippen molar-refractivity contribution in [2.24, 2.45) is 0 Å². The minimum atomic E-state index is 1.28. The van der Waals surface area contributed by atoms with Gasteiger partial charge in [-0.15, -0.1) is 11.3 Å². The normalized spacial score (nSPS) is 10.4. The molecule has 1 aromatic heterocycles. The van der Waals surface area contributed by atoms with Crippen molar-refractivity contribution in [2.45, 2.75) is 0 Å². The maximum atomic E-state index is 3.53. The van der Waals surface area contributed by atoms with E-state index < -0.39 is 0 Å². The van der Waals surface area contributed by atoms with Gasteiger partial charge >= 0.3 is 0 Å². The number of thiol groups is 1. The van der Waals surface area contributed by atoms with Crippen LogP contribution in [0.2, 0.25) is 0 Å². The molecule has 0 nitrogen and oxygen atoms in total. The quantitative estimate of drug-likeness (QED) is 0.394. The molecule has 0 unspecified atom stereocenters. The van der Waals surface area contributed by atoms with Crippen molar-refractivity contribution in [3.63, 3.8) is 0 Å². The van der Waals surface area contributed by atoms with E-state index in [0.29, 0.717) is 0 Å². The number of hydrogen-bond acceptors (Lipinski definition) is 2. The molecule has 21 heavy (non-hydrogen) atoms. The molecule has 4 rings (SSSR count). The zero-order valence-electron chi connectivity index (χ0n) is 11.8. The summed E-state index contributed by atoms with van der Waals surface area (Å²) in [5.74, 6) is 0. The van der Waals surface area contributed by atoms with Crippen LogP contribution in [0.3, 0.4) is 0 Å². The van der Waals surface area contributed by atoms with Gasteiger partial charge in [-0.2, -0.15) is 12.6 Å². The molecule has 0 aliphatic heterocycles. The predicted molar refractivity (Wildman–Crippen MR) is 99.7 cm³/mol. The molecule has 3 aromatic carbocycles. The fourth-order valence-corrected chi connectivity index (χ4v) is 3.62. The highest BCUT2D eigenvalue weighted by Gasteiger charge is 2.05. The molecule has 0 saturated carbocycles. The topological polar surface area (TPSA) is 0 Å². The van der Waals surface area contributed by atoms with E-state index in [2.05, 4.69) is 85.4 Å². The fraction of sp³-hybridized carbons (Fsp3) is 0.0526. The first-order chi connectivity index (χ1) is 10.4. The van der Waals surface area contributed by atoms with Gasteiger partial charge < -0.3 is 0 Å². The van der Waals surface area contributed by atoms with Crippen molar-refractivity contribution >= 4 is 44.1 Å². The third-order valence-electron chi connectivity index (χ3n) is 3.48. The molecule has 104 valence electrons. The van der Waals surface area contributed by atoms with Gasteiger partial charge in [0.25, 0.3) is 0 Å². The van der Waals surface area contributed by atoms with Crippen LogP contribution >= 0.6 is 24.0 Å². The van der Waals surface area contributed by atoms with E-state index in [4.69, 9.17) is 0 Å². The molecule has 1 heterocycles. The fourth-order valence-electron chi connectivity index (χ4n) is 2.54. The highest BCUT2D eigenvalue weighted by Crippen LogP contribution is 2.35. The summed E-state index contributed by atoms with van der Waals surface area (Å²) in [7, 11) is 0. The van der Waals surface area contributed by atoms with Crippen LogP contribution in [0.1, 0.15) is 0 Å². The van der Waals surface area contributed by atoms with Gasteiger partial charge in [0.05, 0.1) is 0 Å². The molecule has 0 bridgehead atoms. The first kappa shape index (κ1) is 14.2. The predicted octanol–water partition coefficient (Wildman–Crippen LogP) is 6.27. The van der Waals surface area contributed by atoms with Crippen LogP contribution in [0.4, 0.5) is 0 Å². The minimum Gasteiger partial charge on any atom is -0.183 e. The van der Waals surface area contributed by atoms with Crippen molar-refractivity contribution in [2.75, 3.05) is 6.26 Å². The third-order valence-corrected chi connectivity index (χ3v) is 4.64. The molecule has 0 N–H and O–H groups in total. The highest BCUT2D eigenvalue weighted by atomic mass is 32.1. The van der Waals surface area contributed by atoms with Gasteiger partial charge in [0, 0.05) is 20.2 Å². The highest BCUT2D eigenvalue weighted by molar-refractivity contribution is 7.79. The van der Waals surface area contributed by atoms with Gasteiger partial charge in [0.1, 0.15) is 0 Å². The van der Waals surface area contributed by atoms with E-state index >= 15 is 0 Å². The second-order valence-corrected chi connectivity index (χ2v) is 5.76. The second kappa shape index (κ2) is 6.33. The van der Waals surface area contributed by atoms with E-state index in [1.807, 2.05) is 11.3 Å². The summed E-state index contributed by atoms with van der Waals surface area (Å²) in [6, 6.07) is 26.0. The van der Waals surface area contributed by atoms with Crippen molar-refractivity contribution in [3.8, 4) is 11.1 Å². The first-order valence-electron chi connectivity index (χ1n) is 6.83. The largest absolute Gasteiger partial charge is 0.183 e. The van der Waals surface area contributed by atoms with Crippen LogP contribution in [0.5, 0.6) is 0 Å². The number of fused-ring (bicyclic) bond motifs is 3. The summed E-state index contributed by atoms with van der Waals surface area (Å²) >= 11 is 5.39. The maximum absolute atomic E-state index is 3.53. The van der Waals surface area contributed by atoms with Gasteiger partial charge in [-0.05, 0) is 35.6 Å². The van der Waals surface area contributed by atoms with Crippen LogP contribution in [0, 0.1) is 0 Å². The molecule has 2 heteroatoms. The lowest BCUT2D eigenvalue weighted by Gasteiger charge is -2.01. The lowest BCUT2D eigenvalue weighted by molar-refractivity contribution is 1.66. The van der Waals surface area contributed by atoms with E-state index in [9.17, 15) is 0 Å². The third kappa shape index (κ3) is 2.69. The monoisotopic (exact) mass is 308 g/mol. The number of thiophene rings is 1. The Balaban J connectivity index is 0.000000636. The van der Waals surface area contributed by atoms with Crippen LogP contribution in [0.25, 0.3) is 31.3 Å². The lowest BCUT2D eigenvalue weighted by Crippen LogP contribution is -1.76. The van der Waals surface area contributed by atoms with Gasteiger partial charge in [-0.25, -0.2) is 0 Å². The number of rotatable bonds is 1. The molecule has 0 aliphatic carbocycles. The van der Waals surface area contributed by atoms with Crippen molar-refractivity contribution < 1.29 is 0 Å².